The van der Waals surface area contributed by atoms with Crippen LogP contribution < -0.4 is 5.32 Å². The van der Waals surface area contributed by atoms with Gasteiger partial charge in [0.2, 0.25) is 5.91 Å². The van der Waals surface area contributed by atoms with E-state index in [0.717, 1.165) is 12.8 Å². The van der Waals surface area contributed by atoms with Gasteiger partial charge in [-0.05, 0) is 47.0 Å². The Kier molecular flexibility index (Phi) is 4.75. The molecule has 0 spiro atoms. The van der Waals surface area contributed by atoms with E-state index in [0.29, 0.717) is 23.1 Å². The minimum Gasteiger partial charge on any atom is -0.349 e. The maximum absolute atomic E-state index is 13.2. The van der Waals surface area contributed by atoms with Crippen molar-refractivity contribution < 1.29 is 14.0 Å². The van der Waals surface area contributed by atoms with Crippen LogP contribution >= 0.6 is 15.9 Å². The normalized spacial score (nSPS) is 16.1. The van der Waals surface area contributed by atoms with E-state index >= 15 is 0 Å². The van der Waals surface area contributed by atoms with Crippen molar-refractivity contribution in [2.45, 2.75) is 25.8 Å². The van der Waals surface area contributed by atoms with Crippen molar-refractivity contribution in [2.75, 3.05) is 13.1 Å². The van der Waals surface area contributed by atoms with Gasteiger partial charge in [0.05, 0.1) is 5.56 Å². The SMILES string of the molecule is CC(=O)N1CCC(NC(=O)c2cc(F)ccc2Br)CC1. The number of benzene rings is 1. The van der Waals surface area contributed by atoms with E-state index in [4.69, 9.17) is 0 Å². The average molecular weight is 343 g/mol. The molecule has 0 saturated carbocycles. The van der Waals surface area contributed by atoms with E-state index < -0.39 is 5.82 Å². The molecule has 0 radical (unpaired) electrons. The number of nitrogens with zero attached hydrogens (tertiary/aromatic N) is 1. The summed E-state index contributed by atoms with van der Waals surface area (Å²) in [7, 11) is 0. The van der Waals surface area contributed by atoms with E-state index in [-0.39, 0.29) is 17.9 Å². The molecular weight excluding hydrogens is 327 g/mol. The van der Waals surface area contributed by atoms with E-state index in [9.17, 15) is 14.0 Å². The lowest BCUT2D eigenvalue weighted by atomic mass is 10.0. The molecule has 0 aliphatic carbocycles. The number of rotatable bonds is 2. The van der Waals surface area contributed by atoms with Crippen molar-refractivity contribution in [3.63, 3.8) is 0 Å². The van der Waals surface area contributed by atoms with Crippen molar-refractivity contribution in [2.24, 2.45) is 0 Å². The van der Waals surface area contributed by atoms with Gasteiger partial charge in [0.15, 0.2) is 0 Å². The van der Waals surface area contributed by atoms with Gasteiger partial charge in [-0.25, -0.2) is 4.39 Å². The fourth-order valence-electron chi connectivity index (χ4n) is 2.27. The highest BCUT2D eigenvalue weighted by Gasteiger charge is 2.23. The van der Waals surface area contributed by atoms with Crippen LogP contribution in [0.5, 0.6) is 0 Å². The Morgan fingerprint density at radius 1 is 1.35 bits per heavy atom. The third-order valence-electron chi connectivity index (χ3n) is 3.45. The van der Waals surface area contributed by atoms with Gasteiger partial charge >= 0.3 is 0 Å². The van der Waals surface area contributed by atoms with Gasteiger partial charge in [0.1, 0.15) is 5.82 Å². The summed E-state index contributed by atoms with van der Waals surface area (Å²) in [5, 5.41) is 2.89. The van der Waals surface area contributed by atoms with E-state index in [2.05, 4.69) is 21.2 Å². The van der Waals surface area contributed by atoms with Gasteiger partial charge in [0.25, 0.3) is 5.91 Å². The smallest absolute Gasteiger partial charge is 0.252 e. The first-order chi connectivity index (χ1) is 9.47. The van der Waals surface area contributed by atoms with Crippen LogP contribution in [0.4, 0.5) is 4.39 Å². The number of hydrogen-bond acceptors (Lipinski definition) is 2. The van der Waals surface area contributed by atoms with E-state index in [1.165, 1.54) is 18.2 Å². The van der Waals surface area contributed by atoms with Crippen molar-refractivity contribution in [3.8, 4) is 0 Å². The maximum atomic E-state index is 13.2. The summed E-state index contributed by atoms with van der Waals surface area (Å²) in [4.78, 5) is 25.1. The number of amides is 2. The zero-order chi connectivity index (χ0) is 14.7. The molecule has 1 aromatic rings. The molecule has 4 nitrogen and oxygen atoms in total. The number of halogens is 2. The van der Waals surface area contributed by atoms with Crippen LogP contribution in [0.2, 0.25) is 0 Å². The second kappa shape index (κ2) is 6.35. The third kappa shape index (κ3) is 3.56. The molecule has 1 N–H and O–H groups in total. The average Bonchev–Trinajstić information content (AvgIpc) is 2.42. The Morgan fingerprint density at radius 3 is 2.60 bits per heavy atom. The molecule has 1 heterocycles. The molecule has 0 atom stereocenters. The molecule has 1 aliphatic rings. The van der Waals surface area contributed by atoms with E-state index in [1.807, 2.05) is 0 Å². The summed E-state index contributed by atoms with van der Waals surface area (Å²) < 4.78 is 13.7. The quantitative estimate of drug-likeness (QED) is 0.896. The predicted octanol–water partition coefficient (Wildman–Crippen LogP) is 2.33. The number of piperidine rings is 1. The minimum atomic E-state index is -0.440. The highest BCUT2D eigenvalue weighted by molar-refractivity contribution is 9.10. The van der Waals surface area contributed by atoms with Crippen molar-refractivity contribution in [1.82, 2.24) is 10.2 Å². The van der Waals surface area contributed by atoms with Gasteiger partial charge in [-0.3, -0.25) is 9.59 Å². The summed E-state index contributed by atoms with van der Waals surface area (Å²) in [5.41, 5.74) is 0.291. The monoisotopic (exact) mass is 342 g/mol. The Hall–Kier alpha value is -1.43. The fourth-order valence-corrected chi connectivity index (χ4v) is 2.70. The molecular formula is C14H16BrFN2O2. The molecule has 20 heavy (non-hydrogen) atoms. The first-order valence-electron chi connectivity index (χ1n) is 6.49. The van der Waals surface area contributed by atoms with E-state index in [1.54, 1.807) is 11.8 Å². The molecule has 108 valence electrons. The third-order valence-corrected chi connectivity index (χ3v) is 4.14. The Labute approximate surface area is 125 Å². The standard InChI is InChI=1S/C14H16BrFN2O2/c1-9(19)18-6-4-11(5-7-18)17-14(20)12-8-10(16)2-3-13(12)15/h2-3,8,11H,4-7H2,1H3,(H,17,20). The summed E-state index contributed by atoms with van der Waals surface area (Å²) in [6.45, 7) is 2.83. The van der Waals surface area contributed by atoms with Crippen LogP contribution in [0.25, 0.3) is 0 Å². The van der Waals surface area contributed by atoms with Crippen molar-refractivity contribution in [1.29, 1.82) is 0 Å². The summed E-state index contributed by atoms with van der Waals surface area (Å²) in [6.07, 6.45) is 1.44. The fraction of sp³-hybridized carbons (Fsp3) is 0.429. The molecule has 1 aliphatic heterocycles. The first-order valence-corrected chi connectivity index (χ1v) is 7.28. The predicted molar refractivity (Wildman–Crippen MR) is 76.8 cm³/mol. The Bertz CT molecular complexity index is 528. The summed E-state index contributed by atoms with van der Waals surface area (Å²) in [5.74, 6) is -0.676. The number of hydrogen-bond donors (Lipinski definition) is 1. The van der Waals surface area contributed by atoms with Crippen LogP contribution in [-0.4, -0.2) is 35.8 Å². The zero-order valence-corrected chi connectivity index (χ0v) is 12.7. The summed E-state index contributed by atoms with van der Waals surface area (Å²) in [6, 6.07) is 4.05. The largest absolute Gasteiger partial charge is 0.349 e. The number of carbonyl (C=O) groups is 2. The van der Waals surface area contributed by atoms with Crippen LogP contribution in [0.15, 0.2) is 22.7 Å². The maximum Gasteiger partial charge on any atom is 0.252 e. The number of likely N-dealkylation sites (tertiary alicyclic amines) is 1. The lowest BCUT2D eigenvalue weighted by Crippen LogP contribution is -2.46. The summed E-state index contributed by atoms with van der Waals surface area (Å²) >= 11 is 3.24. The molecule has 6 heteroatoms. The van der Waals surface area contributed by atoms with Gasteiger partial charge in [-0.2, -0.15) is 0 Å². The molecule has 2 rings (SSSR count). The zero-order valence-electron chi connectivity index (χ0n) is 11.2. The lowest BCUT2D eigenvalue weighted by Gasteiger charge is -2.31. The number of carbonyl (C=O) groups excluding carboxylic acids is 2. The second-order valence-corrected chi connectivity index (χ2v) is 5.73. The molecule has 1 saturated heterocycles. The van der Waals surface area contributed by atoms with Crippen LogP contribution in [0.3, 0.4) is 0 Å². The molecule has 1 aromatic carbocycles. The van der Waals surface area contributed by atoms with Gasteiger partial charge in [-0.1, -0.05) is 0 Å². The van der Waals surface area contributed by atoms with Crippen LogP contribution in [0.1, 0.15) is 30.1 Å². The van der Waals surface area contributed by atoms with Crippen LogP contribution in [0, 0.1) is 5.82 Å². The molecule has 1 fully saturated rings. The number of nitrogens with one attached hydrogen (secondary N) is 1. The second-order valence-electron chi connectivity index (χ2n) is 4.88. The van der Waals surface area contributed by atoms with Gasteiger partial charge in [0, 0.05) is 30.5 Å². The highest BCUT2D eigenvalue weighted by atomic mass is 79.9. The Balaban J connectivity index is 1.96. The van der Waals surface area contributed by atoms with Crippen LogP contribution in [-0.2, 0) is 4.79 Å². The first kappa shape index (κ1) is 15.0. The topological polar surface area (TPSA) is 49.4 Å². The van der Waals surface area contributed by atoms with Gasteiger partial charge < -0.3 is 10.2 Å². The highest BCUT2D eigenvalue weighted by Crippen LogP contribution is 2.19. The van der Waals surface area contributed by atoms with Gasteiger partial charge in [-0.15, -0.1) is 0 Å². The van der Waals surface area contributed by atoms with Crippen molar-refractivity contribution in [3.05, 3.63) is 34.1 Å². The molecule has 0 bridgehead atoms. The van der Waals surface area contributed by atoms with Crippen molar-refractivity contribution >= 4 is 27.7 Å². The molecule has 0 unspecified atom stereocenters. The molecule has 2 amide bonds. The minimum absolute atomic E-state index is 0.0215. The lowest BCUT2D eigenvalue weighted by molar-refractivity contribution is -0.129. The molecule has 0 aromatic heterocycles. The Morgan fingerprint density at radius 2 is 2.00 bits per heavy atom.